The SMILES string of the molecule is COc1ccc(C(=O)N2CCN3C(=O)CC[C@@H]3C2)cc1. The van der Waals surface area contributed by atoms with E-state index in [2.05, 4.69) is 0 Å². The molecule has 0 aromatic heterocycles. The van der Waals surface area contributed by atoms with Crippen LogP contribution >= 0.6 is 0 Å². The highest BCUT2D eigenvalue weighted by atomic mass is 16.5. The fourth-order valence-electron chi connectivity index (χ4n) is 2.97. The Morgan fingerprint density at radius 2 is 2.00 bits per heavy atom. The molecule has 1 atom stereocenters. The molecule has 106 valence electrons. The summed E-state index contributed by atoms with van der Waals surface area (Å²) in [7, 11) is 1.60. The lowest BCUT2D eigenvalue weighted by Gasteiger charge is -2.37. The summed E-state index contributed by atoms with van der Waals surface area (Å²) in [5.74, 6) is 1.01. The van der Waals surface area contributed by atoms with Crippen LogP contribution in [0, 0.1) is 0 Å². The number of carbonyl (C=O) groups is 2. The molecule has 20 heavy (non-hydrogen) atoms. The minimum absolute atomic E-state index is 0.0339. The smallest absolute Gasteiger partial charge is 0.253 e. The van der Waals surface area contributed by atoms with Crippen molar-refractivity contribution in [1.82, 2.24) is 9.80 Å². The normalized spacial score (nSPS) is 21.9. The van der Waals surface area contributed by atoms with E-state index in [1.807, 2.05) is 9.80 Å². The zero-order valence-electron chi connectivity index (χ0n) is 11.5. The summed E-state index contributed by atoms with van der Waals surface area (Å²) in [4.78, 5) is 27.8. The van der Waals surface area contributed by atoms with Crippen molar-refractivity contribution in [3.8, 4) is 5.75 Å². The minimum atomic E-state index is 0.0339. The molecule has 2 aliphatic rings. The molecule has 0 spiro atoms. The van der Waals surface area contributed by atoms with Crippen LogP contribution in [0.2, 0.25) is 0 Å². The zero-order valence-corrected chi connectivity index (χ0v) is 11.5. The number of nitrogens with zero attached hydrogens (tertiary/aromatic N) is 2. The molecule has 3 rings (SSSR count). The van der Waals surface area contributed by atoms with Crippen molar-refractivity contribution in [2.24, 2.45) is 0 Å². The largest absolute Gasteiger partial charge is 0.497 e. The maximum absolute atomic E-state index is 12.5. The number of amides is 2. The van der Waals surface area contributed by atoms with Gasteiger partial charge in [-0.2, -0.15) is 0 Å². The number of ether oxygens (including phenoxy) is 1. The van der Waals surface area contributed by atoms with Gasteiger partial charge in [0.1, 0.15) is 5.75 Å². The summed E-state index contributed by atoms with van der Waals surface area (Å²) in [5.41, 5.74) is 0.670. The van der Waals surface area contributed by atoms with E-state index in [0.29, 0.717) is 31.6 Å². The zero-order chi connectivity index (χ0) is 14.1. The average molecular weight is 274 g/mol. The molecule has 0 unspecified atom stereocenters. The van der Waals surface area contributed by atoms with Gasteiger partial charge in [0.25, 0.3) is 5.91 Å². The average Bonchev–Trinajstić information content (AvgIpc) is 2.87. The number of hydrogen-bond acceptors (Lipinski definition) is 3. The molecule has 1 aromatic carbocycles. The van der Waals surface area contributed by atoms with Crippen LogP contribution < -0.4 is 4.74 Å². The van der Waals surface area contributed by atoms with Crippen molar-refractivity contribution in [2.45, 2.75) is 18.9 Å². The van der Waals surface area contributed by atoms with Crippen LogP contribution in [0.25, 0.3) is 0 Å². The number of hydrogen-bond donors (Lipinski definition) is 0. The maximum Gasteiger partial charge on any atom is 0.253 e. The number of carbonyl (C=O) groups excluding carboxylic acids is 2. The molecule has 0 saturated carbocycles. The van der Waals surface area contributed by atoms with E-state index < -0.39 is 0 Å². The van der Waals surface area contributed by atoms with E-state index in [-0.39, 0.29) is 17.9 Å². The fourth-order valence-corrected chi connectivity index (χ4v) is 2.97. The Balaban J connectivity index is 1.70. The quantitative estimate of drug-likeness (QED) is 0.812. The van der Waals surface area contributed by atoms with Gasteiger partial charge in [-0.15, -0.1) is 0 Å². The Morgan fingerprint density at radius 3 is 2.70 bits per heavy atom. The lowest BCUT2D eigenvalue weighted by Crippen LogP contribution is -2.53. The van der Waals surface area contributed by atoms with Crippen molar-refractivity contribution in [1.29, 1.82) is 0 Å². The third-order valence-electron chi connectivity index (χ3n) is 4.12. The minimum Gasteiger partial charge on any atom is -0.497 e. The van der Waals surface area contributed by atoms with Crippen LogP contribution in [0.15, 0.2) is 24.3 Å². The Labute approximate surface area is 118 Å². The Morgan fingerprint density at radius 1 is 1.25 bits per heavy atom. The second-order valence-electron chi connectivity index (χ2n) is 5.26. The molecule has 2 amide bonds. The number of piperazine rings is 1. The van der Waals surface area contributed by atoms with E-state index in [0.717, 1.165) is 12.2 Å². The van der Waals surface area contributed by atoms with Gasteiger partial charge in [0.2, 0.25) is 5.91 Å². The molecule has 2 saturated heterocycles. The topological polar surface area (TPSA) is 49.9 Å². The van der Waals surface area contributed by atoms with Crippen molar-refractivity contribution < 1.29 is 14.3 Å². The highest BCUT2D eigenvalue weighted by Gasteiger charge is 2.36. The molecular formula is C15H18N2O3. The molecular weight excluding hydrogens is 256 g/mol. The van der Waals surface area contributed by atoms with E-state index in [9.17, 15) is 9.59 Å². The van der Waals surface area contributed by atoms with Crippen LogP contribution in [-0.2, 0) is 4.79 Å². The number of fused-ring (bicyclic) bond motifs is 1. The van der Waals surface area contributed by atoms with E-state index in [1.54, 1.807) is 31.4 Å². The monoisotopic (exact) mass is 274 g/mol. The van der Waals surface area contributed by atoms with Crippen molar-refractivity contribution in [3.63, 3.8) is 0 Å². The maximum atomic E-state index is 12.5. The van der Waals surface area contributed by atoms with Crippen molar-refractivity contribution in [2.75, 3.05) is 26.7 Å². The van der Waals surface area contributed by atoms with Gasteiger partial charge in [0, 0.05) is 37.7 Å². The third-order valence-corrected chi connectivity index (χ3v) is 4.12. The number of rotatable bonds is 2. The standard InChI is InChI=1S/C15H18N2O3/c1-20-13-5-2-11(3-6-13)15(19)16-8-9-17-12(10-16)4-7-14(17)18/h2-3,5-6,12H,4,7-10H2,1H3/t12-/m1/s1. The van der Waals surface area contributed by atoms with Crippen molar-refractivity contribution in [3.05, 3.63) is 29.8 Å². The van der Waals surface area contributed by atoms with Crippen LogP contribution in [0.3, 0.4) is 0 Å². The predicted octanol–water partition coefficient (Wildman–Crippen LogP) is 1.14. The van der Waals surface area contributed by atoms with Gasteiger partial charge in [0.05, 0.1) is 7.11 Å². The lowest BCUT2D eigenvalue weighted by atomic mass is 10.1. The van der Waals surface area contributed by atoms with Gasteiger partial charge in [-0.3, -0.25) is 9.59 Å². The molecule has 1 aromatic rings. The molecule has 5 heteroatoms. The molecule has 0 radical (unpaired) electrons. The summed E-state index contributed by atoms with van der Waals surface area (Å²) < 4.78 is 5.09. The second kappa shape index (κ2) is 5.15. The summed E-state index contributed by atoms with van der Waals surface area (Å²) in [6.45, 7) is 1.93. The van der Waals surface area contributed by atoms with Crippen LogP contribution in [-0.4, -0.2) is 54.4 Å². The molecule has 2 fully saturated rings. The molecule has 5 nitrogen and oxygen atoms in total. The first-order chi connectivity index (χ1) is 9.69. The summed E-state index contributed by atoms with van der Waals surface area (Å²) in [5, 5.41) is 0. The van der Waals surface area contributed by atoms with Crippen molar-refractivity contribution >= 4 is 11.8 Å². The predicted molar refractivity (Wildman–Crippen MR) is 73.6 cm³/mol. The Hall–Kier alpha value is -2.04. The summed E-state index contributed by atoms with van der Waals surface area (Å²) >= 11 is 0. The summed E-state index contributed by atoms with van der Waals surface area (Å²) in [6.07, 6.45) is 1.49. The first-order valence-corrected chi connectivity index (χ1v) is 6.92. The van der Waals surface area contributed by atoms with Crippen LogP contribution in [0.5, 0.6) is 5.75 Å². The van der Waals surface area contributed by atoms with Gasteiger partial charge in [-0.1, -0.05) is 0 Å². The highest BCUT2D eigenvalue weighted by Crippen LogP contribution is 2.24. The third kappa shape index (κ3) is 2.24. The number of methoxy groups -OCH3 is 1. The van der Waals surface area contributed by atoms with E-state index >= 15 is 0 Å². The van der Waals surface area contributed by atoms with Gasteiger partial charge in [0.15, 0.2) is 0 Å². The lowest BCUT2D eigenvalue weighted by molar-refractivity contribution is -0.130. The van der Waals surface area contributed by atoms with E-state index in [4.69, 9.17) is 4.74 Å². The van der Waals surface area contributed by atoms with Gasteiger partial charge in [-0.25, -0.2) is 0 Å². The molecule has 0 N–H and O–H groups in total. The first kappa shape index (κ1) is 13.0. The number of benzene rings is 1. The molecule has 0 aliphatic carbocycles. The highest BCUT2D eigenvalue weighted by molar-refractivity contribution is 5.94. The molecule has 2 aliphatic heterocycles. The Bertz CT molecular complexity index is 526. The van der Waals surface area contributed by atoms with Crippen LogP contribution in [0.1, 0.15) is 23.2 Å². The fraction of sp³-hybridized carbons (Fsp3) is 0.467. The summed E-state index contributed by atoms with van der Waals surface area (Å²) in [6, 6.07) is 7.37. The molecule has 2 heterocycles. The van der Waals surface area contributed by atoms with Crippen LogP contribution in [0.4, 0.5) is 0 Å². The van der Waals surface area contributed by atoms with E-state index in [1.165, 1.54) is 0 Å². The first-order valence-electron chi connectivity index (χ1n) is 6.92. The van der Waals surface area contributed by atoms with Gasteiger partial charge < -0.3 is 14.5 Å². The van der Waals surface area contributed by atoms with Gasteiger partial charge >= 0.3 is 0 Å². The van der Waals surface area contributed by atoms with Gasteiger partial charge in [-0.05, 0) is 30.7 Å². The molecule has 0 bridgehead atoms. The second-order valence-corrected chi connectivity index (χ2v) is 5.26. The Kier molecular flexibility index (Phi) is 3.34.